The molecule has 0 aliphatic heterocycles. The van der Waals surface area contributed by atoms with Gasteiger partial charge in [0.1, 0.15) is 12.0 Å². The average Bonchev–Trinajstić information content (AvgIpc) is 2.71. The van der Waals surface area contributed by atoms with E-state index >= 15 is 0 Å². The molecule has 0 atom stereocenters. The van der Waals surface area contributed by atoms with Crippen LogP contribution in [0.2, 0.25) is 5.02 Å². The Morgan fingerprint density at radius 2 is 1.83 bits per heavy atom. The Morgan fingerprint density at radius 1 is 1.14 bits per heavy atom. The van der Waals surface area contributed by atoms with Gasteiger partial charge in [-0.2, -0.15) is 0 Å². The first-order valence-corrected chi connectivity index (χ1v) is 8.81. The number of anilines is 1. The molecule has 0 spiro atoms. The lowest BCUT2D eigenvalue weighted by Crippen LogP contribution is -2.37. The minimum absolute atomic E-state index is 0.205. The zero-order chi connectivity index (χ0) is 21.4. The summed E-state index contributed by atoms with van der Waals surface area (Å²) in [6, 6.07) is 10.5. The summed E-state index contributed by atoms with van der Waals surface area (Å²) in [5.74, 6) is -1.32. The van der Waals surface area contributed by atoms with Gasteiger partial charge in [0.2, 0.25) is 5.91 Å². The second kappa shape index (κ2) is 10.2. The van der Waals surface area contributed by atoms with Gasteiger partial charge in [-0.25, -0.2) is 4.79 Å². The van der Waals surface area contributed by atoms with E-state index in [4.69, 9.17) is 21.1 Å². The first kappa shape index (κ1) is 21.9. The highest BCUT2D eigenvalue weighted by Crippen LogP contribution is 2.27. The molecule has 0 bridgehead atoms. The van der Waals surface area contributed by atoms with E-state index in [1.54, 1.807) is 12.1 Å². The van der Waals surface area contributed by atoms with Gasteiger partial charge in [0, 0.05) is 17.6 Å². The van der Waals surface area contributed by atoms with E-state index in [9.17, 15) is 19.2 Å². The van der Waals surface area contributed by atoms with Gasteiger partial charge in [-0.15, -0.1) is 0 Å². The molecule has 0 fully saturated rings. The maximum Gasteiger partial charge on any atom is 0.338 e. The molecule has 29 heavy (non-hydrogen) atoms. The Labute approximate surface area is 172 Å². The molecule has 0 unspecified atom stereocenters. The standard InChI is InChI=1S/C20H19ClN2O6/c1-23(10-18(25)22-16-9-15(21)7-8-17(16)28-2)19(26)12-29-20(27)14-5-3-13(11-24)4-6-14/h3-9,11H,10,12H2,1-2H3,(H,22,25). The van der Waals surface area contributed by atoms with E-state index in [0.29, 0.717) is 28.3 Å². The Hall–Kier alpha value is -3.39. The van der Waals surface area contributed by atoms with Crippen molar-refractivity contribution in [2.75, 3.05) is 32.6 Å². The number of ether oxygens (including phenoxy) is 2. The van der Waals surface area contributed by atoms with Crippen molar-refractivity contribution in [2.24, 2.45) is 0 Å². The predicted octanol–water partition coefficient (Wildman–Crippen LogP) is 2.42. The van der Waals surface area contributed by atoms with E-state index < -0.39 is 24.4 Å². The number of hydrogen-bond donors (Lipinski definition) is 1. The van der Waals surface area contributed by atoms with Crippen LogP contribution in [0, 0.1) is 0 Å². The van der Waals surface area contributed by atoms with Crippen molar-refractivity contribution in [3.63, 3.8) is 0 Å². The molecule has 8 nitrogen and oxygen atoms in total. The molecule has 0 saturated heterocycles. The van der Waals surface area contributed by atoms with Crippen LogP contribution in [0.4, 0.5) is 5.69 Å². The molecule has 0 aliphatic rings. The topological polar surface area (TPSA) is 102 Å². The number of carbonyl (C=O) groups excluding carboxylic acids is 4. The second-order valence-corrected chi connectivity index (χ2v) is 6.40. The number of rotatable bonds is 8. The SMILES string of the molecule is COc1ccc(Cl)cc1NC(=O)CN(C)C(=O)COC(=O)c1ccc(C=O)cc1. The normalized spacial score (nSPS) is 10.0. The van der Waals surface area contributed by atoms with E-state index in [1.165, 1.54) is 44.5 Å². The summed E-state index contributed by atoms with van der Waals surface area (Å²) in [4.78, 5) is 48.0. The monoisotopic (exact) mass is 418 g/mol. The number of likely N-dealkylation sites (N-methyl/N-ethyl adjacent to an activating group) is 1. The number of aldehydes is 1. The zero-order valence-electron chi connectivity index (χ0n) is 15.8. The van der Waals surface area contributed by atoms with Crippen LogP contribution in [-0.4, -0.2) is 56.3 Å². The molecule has 0 aromatic heterocycles. The van der Waals surface area contributed by atoms with Gasteiger partial charge in [0.15, 0.2) is 6.61 Å². The summed E-state index contributed by atoms with van der Waals surface area (Å²) < 4.78 is 10.1. The van der Waals surface area contributed by atoms with Crippen molar-refractivity contribution >= 4 is 41.4 Å². The summed E-state index contributed by atoms with van der Waals surface area (Å²) in [6.45, 7) is -0.793. The van der Waals surface area contributed by atoms with Crippen LogP contribution in [0.3, 0.4) is 0 Å². The van der Waals surface area contributed by atoms with Crippen LogP contribution in [-0.2, 0) is 14.3 Å². The number of carbonyl (C=O) groups is 4. The molecule has 2 aromatic rings. The van der Waals surface area contributed by atoms with Gasteiger partial charge < -0.3 is 19.7 Å². The Morgan fingerprint density at radius 3 is 2.45 bits per heavy atom. The highest BCUT2D eigenvalue weighted by molar-refractivity contribution is 6.31. The lowest BCUT2D eigenvalue weighted by molar-refractivity contribution is -0.136. The van der Waals surface area contributed by atoms with Crippen LogP contribution >= 0.6 is 11.6 Å². The van der Waals surface area contributed by atoms with Crippen molar-refractivity contribution in [3.8, 4) is 5.75 Å². The number of nitrogens with zero attached hydrogens (tertiary/aromatic N) is 1. The predicted molar refractivity (Wildman–Crippen MR) is 106 cm³/mol. The molecular weight excluding hydrogens is 400 g/mol. The minimum Gasteiger partial charge on any atom is -0.495 e. The summed E-state index contributed by atoms with van der Waals surface area (Å²) in [5, 5.41) is 3.03. The number of hydrogen-bond acceptors (Lipinski definition) is 6. The molecule has 2 rings (SSSR count). The van der Waals surface area contributed by atoms with Crippen molar-refractivity contribution in [1.29, 1.82) is 0 Å². The molecule has 0 saturated carbocycles. The van der Waals surface area contributed by atoms with Crippen LogP contribution in [0.5, 0.6) is 5.75 Å². The first-order chi connectivity index (χ1) is 13.8. The molecule has 9 heteroatoms. The number of benzene rings is 2. The van der Waals surface area contributed by atoms with Crippen molar-refractivity contribution in [1.82, 2.24) is 4.90 Å². The van der Waals surface area contributed by atoms with E-state index in [-0.39, 0.29) is 12.1 Å². The van der Waals surface area contributed by atoms with Gasteiger partial charge in [0.05, 0.1) is 24.9 Å². The number of halogens is 1. The van der Waals surface area contributed by atoms with Crippen LogP contribution < -0.4 is 10.1 Å². The zero-order valence-corrected chi connectivity index (χ0v) is 16.6. The molecule has 1 N–H and O–H groups in total. The van der Waals surface area contributed by atoms with Gasteiger partial charge in [-0.05, 0) is 30.3 Å². The highest BCUT2D eigenvalue weighted by atomic mass is 35.5. The molecule has 0 aliphatic carbocycles. The van der Waals surface area contributed by atoms with Crippen LogP contribution in [0.1, 0.15) is 20.7 Å². The first-order valence-electron chi connectivity index (χ1n) is 8.43. The van der Waals surface area contributed by atoms with Crippen molar-refractivity contribution in [2.45, 2.75) is 0 Å². The van der Waals surface area contributed by atoms with Crippen LogP contribution in [0.15, 0.2) is 42.5 Å². The molecule has 152 valence electrons. The minimum atomic E-state index is -0.711. The van der Waals surface area contributed by atoms with Gasteiger partial charge in [-0.3, -0.25) is 14.4 Å². The quantitative estimate of drug-likeness (QED) is 0.521. The summed E-state index contributed by atoms with van der Waals surface area (Å²) in [7, 11) is 2.86. The number of esters is 1. The molecule has 2 aromatic carbocycles. The molecule has 2 amide bonds. The fraction of sp³-hybridized carbons (Fsp3) is 0.200. The van der Waals surface area contributed by atoms with E-state index in [0.717, 1.165) is 4.90 Å². The smallest absolute Gasteiger partial charge is 0.338 e. The Balaban J connectivity index is 1.86. The average molecular weight is 419 g/mol. The largest absolute Gasteiger partial charge is 0.495 e. The fourth-order valence-electron chi connectivity index (χ4n) is 2.29. The number of amides is 2. The van der Waals surface area contributed by atoms with Crippen LogP contribution in [0.25, 0.3) is 0 Å². The third kappa shape index (κ3) is 6.32. The lowest BCUT2D eigenvalue weighted by atomic mass is 10.1. The third-order valence-electron chi connectivity index (χ3n) is 3.85. The maximum atomic E-state index is 12.2. The van der Waals surface area contributed by atoms with Gasteiger partial charge in [0.25, 0.3) is 5.91 Å². The molecule has 0 radical (unpaired) electrons. The van der Waals surface area contributed by atoms with Gasteiger partial charge >= 0.3 is 5.97 Å². The number of nitrogens with one attached hydrogen (secondary N) is 1. The van der Waals surface area contributed by atoms with E-state index in [2.05, 4.69) is 5.32 Å². The van der Waals surface area contributed by atoms with E-state index in [1.807, 2.05) is 0 Å². The fourth-order valence-corrected chi connectivity index (χ4v) is 2.46. The Bertz CT molecular complexity index is 914. The molecule has 0 heterocycles. The third-order valence-corrected chi connectivity index (χ3v) is 4.09. The molecular formula is C20H19ClN2O6. The summed E-state index contributed by atoms with van der Waals surface area (Å²) >= 11 is 5.91. The van der Waals surface area contributed by atoms with Crippen molar-refractivity contribution in [3.05, 3.63) is 58.6 Å². The van der Waals surface area contributed by atoms with Gasteiger partial charge in [-0.1, -0.05) is 23.7 Å². The summed E-state index contributed by atoms with van der Waals surface area (Å²) in [6.07, 6.45) is 0.650. The second-order valence-electron chi connectivity index (χ2n) is 5.96. The number of methoxy groups -OCH3 is 1. The Kier molecular flexibility index (Phi) is 7.73. The lowest BCUT2D eigenvalue weighted by Gasteiger charge is -2.17. The maximum absolute atomic E-state index is 12.2. The summed E-state index contributed by atoms with van der Waals surface area (Å²) in [5.41, 5.74) is 0.993. The van der Waals surface area contributed by atoms with Crippen molar-refractivity contribution < 1.29 is 28.7 Å². The highest BCUT2D eigenvalue weighted by Gasteiger charge is 2.17.